The van der Waals surface area contributed by atoms with E-state index in [-0.39, 0.29) is 5.82 Å². The maximum atomic E-state index is 14.8. The van der Waals surface area contributed by atoms with Gasteiger partial charge in [-0.1, -0.05) is 63.8 Å². The van der Waals surface area contributed by atoms with Gasteiger partial charge < -0.3 is 4.42 Å². The van der Waals surface area contributed by atoms with Crippen LogP contribution in [0.5, 0.6) is 0 Å². The summed E-state index contributed by atoms with van der Waals surface area (Å²) in [6, 6.07) is 10.4. The number of hydrogen-bond donors (Lipinski definition) is 0. The van der Waals surface area contributed by atoms with E-state index in [1.807, 2.05) is 19.1 Å². The molecule has 1 aromatic heterocycles. The van der Waals surface area contributed by atoms with Crippen LogP contribution in [0.1, 0.15) is 82.3 Å². The van der Waals surface area contributed by atoms with Gasteiger partial charge in [0, 0.05) is 10.8 Å². The minimum Gasteiger partial charge on any atom is -0.441 e. The van der Waals surface area contributed by atoms with E-state index in [9.17, 15) is 4.39 Å². The predicted molar refractivity (Wildman–Crippen MR) is 123 cm³/mol. The van der Waals surface area contributed by atoms with E-state index < -0.39 is 0 Å². The Morgan fingerprint density at radius 1 is 0.966 bits per heavy atom. The number of aryl methyl sites for hydroxylation is 1. The molecule has 0 radical (unpaired) electrons. The molecule has 1 fully saturated rings. The van der Waals surface area contributed by atoms with Crippen molar-refractivity contribution in [3.8, 4) is 0 Å². The molecule has 2 aromatic carbocycles. The average Bonchev–Trinajstić information content (AvgIpc) is 2.75. The maximum absolute atomic E-state index is 14.8. The lowest BCUT2D eigenvalue weighted by molar-refractivity contribution is 0.303. The summed E-state index contributed by atoms with van der Waals surface area (Å²) in [5.41, 5.74) is 2.32. The Morgan fingerprint density at radius 3 is 2.45 bits per heavy atom. The third kappa shape index (κ3) is 4.12. The standard InChI is InChI=1S/C26H31FOS/c1-3-5-6-7-17-8-10-19(11-9-17)20-13-14-21-22-15-12-18(4-2)24(27)25(22)28-26(29)23(21)16-20/h12-17,19H,3-11H2,1-2H3. The normalized spacial score (nSPS) is 19.8. The van der Waals surface area contributed by atoms with Crippen molar-refractivity contribution in [1.82, 2.24) is 0 Å². The summed E-state index contributed by atoms with van der Waals surface area (Å²) >= 11 is 5.53. The fourth-order valence-corrected chi connectivity index (χ4v) is 5.27. The summed E-state index contributed by atoms with van der Waals surface area (Å²) < 4.78 is 21.0. The van der Waals surface area contributed by atoms with Gasteiger partial charge in [-0.25, -0.2) is 4.39 Å². The van der Waals surface area contributed by atoms with Gasteiger partial charge in [-0.3, -0.25) is 0 Å². The first-order valence-corrected chi connectivity index (χ1v) is 11.7. The SMILES string of the molecule is CCCCCC1CCC(c2ccc3c(c2)c(=S)oc2c(F)c(CC)ccc23)CC1. The van der Waals surface area contributed by atoms with Crippen LogP contribution in [0.3, 0.4) is 0 Å². The van der Waals surface area contributed by atoms with E-state index in [4.69, 9.17) is 16.6 Å². The highest BCUT2D eigenvalue weighted by molar-refractivity contribution is 7.71. The Bertz CT molecular complexity index is 1060. The van der Waals surface area contributed by atoms with Crippen molar-refractivity contribution in [2.24, 2.45) is 5.92 Å². The zero-order valence-electron chi connectivity index (χ0n) is 17.6. The fourth-order valence-electron chi connectivity index (χ4n) is 5.02. The van der Waals surface area contributed by atoms with E-state index in [0.717, 1.165) is 22.1 Å². The van der Waals surface area contributed by atoms with Crippen LogP contribution in [0.25, 0.3) is 21.7 Å². The molecule has 0 N–H and O–H groups in total. The molecule has 1 nitrogen and oxygen atoms in total. The van der Waals surface area contributed by atoms with Crippen LogP contribution in [0.15, 0.2) is 34.7 Å². The number of halogens is 1. The first kappa shape index (κ1) is 20.5. The van der Waals surface area contributed by atoms with Crippen LogP contribution in [0.4, 0.5) is 4.39 Å². The molecule has 0 atom stereocenters. The highest BCUT2D eigenvalue weighted by atomic mass is 32.1. The molecule has 1 aliphatic rings. The third-order valence-electron chi connectivity index (χ3n) is 6.84. The van der Waals surface area contributed by atoms with Crippen molar-refractivity contribution in [1.29, 1.82) is 0 Å². The Kier molecular flexibility index (Phi) is 6.34. The van der Waals surface area contributed by atoms with E-state index in [2.05, 4.69) is 25.1 Å². The minimum atomic E-state index is -0.275. The number of unbranched alkanes of at least 4 members (excludes halogenated alkanes) is 2. The molecular weight excluding hydrogens is 379 g/mol. The predicted octanol–water partition coefficient (Wildman–Crippen LogP) is 8.87. The van der Waals surface area contributed by atoms with Gasteiger partial charge in [0.2, 0.25) is 0 Å². The van der Waals surface area contributed by atoms with Gasteiger partial charge in [0.1, 0.15) is 0 Å². The lowest BCUT2D eigenvalue weighted by Crippen LogP contribution is -2.13. The topological polar surface area (TPSA) is 13.1 Å². The van der Waals surface area contributed by atoms with Crippen molar-refractivity contribution >= 4 is 34.0 Å². The molecule has 29 heavy (non-hydrogen) atoms. The highest BCUT2D eigenvalue weighted by Gasteiger charge is 2.23. The number of benzene rings is 2. The Labute approximate surface area is 178 Å². The van der Waals surface area contributed by atoms with E-state index >= 15 is 0 Å². The first-order valence-electron chi connectivity index (χ1n) is 11.3. The molecule has 0 amide bonds. The Balaban J connectivity index is 1.61. The second-order valence-electron chi connectivity index (χ2n) is 8.68. The molecule has 4 rings (SSSR count). The average molecular weight is 411 g/mol. The summed E-state index contributed by atoms with van der Waals surface area (Å²) in [6.07, 6.45) is 11.3. The van der Waals surface area contributed by atoms with Gasteiger partial charge in [-0.05, 0) is 78.7 Å². The van der Waals surface area contributed by atoms with E-state index in [1.165, 1.54) is 56.9 Å². The third-order valence-corrected chi connectivity index (χ3v) is 7.14. The van der Waals surface area contributed by atoms with Crippen molar-refractivity contribution in [2.75, 3.05) is 0 Å². The summed E-state index contributed by atoms with van der Waals surface area (Å²) in [7, 11) is 0. The van der Waals surface area contributed by atoms with Crippen molar-refractivity contribution in [2.45, 2.75) is 77.6 Å². The molecule has 0 saturated heterocycles. The molecule has 0 bridgehead atoms. The molecule has 3 aromatic rings. The smallest absolute Gasteiger partial charge is 0.198 e. The van der Waals surface area contributed by atoms with Gasteiger partial charge in [-0.15, -0.1) is 0 Å². The van der Waals surface area contributed by atoms with Crippen molar-refractivity contribution < 1.29 is 8.81 Å². The van der Waals surface area contributed by atoms with Crippen LogP contribution < -0.4 is 0 Å². The fraction of sp³-hybridized carbons (Fsp3) is 0.500. The number of hydrogen-bond acceptors (Lipinski definition) is 2. The van der Waals surface area contributed by atoms with E-state index in [1.54, 1.807) is 0 Å². The summed E-state index contributed by atoms with van der Waals surface area (Å²) in [4.78, 5) is 0. The summed E-state index contributed by atoms with van der Waals surface area (Å²) in [6.45, 7) is 4.22. The van der Waals surface area contributed by atoms with Gasteiger partial charge in [0.25, 0.3) is 0 Å². The van der Waals surface area contributed by atoms with Gasteiger partial charge in [0.05, 0.1) is 0 Å². The molecule has 154 valence electrons. The van der Waals surface area contributed by atoms with Gasteiger partial charge in [0.15, 0.2) is 16.1 Å². The largest absolute Gasteiger partial charge is 0.441 e. The van der Waals surface area contributed by atoms with Crippen LogP contribution in [-0.2, 0) is 6.42 Å². The highest BCUT2D eigenvalue weighted by Crippen LogP contribution is 2.39. The lowest BCUT2D eigenvalue weighted by atomic mass is 9.77. The molecule has 0 aliphatic heterocycles. The Morgan fingerprint density at radius 2 is 1.72 bits per heavy atom. The summed E-state index contributed by atoms with van der Waals surface area (Å²) in [5.74, 6) is 1.23. The van der Waals surface area contributed by atoms with Crippen LogP contribution in [0, 0.1) is 16.4 Å². The van der Waals surface area contributed by atoms with Crippen LogP contribution >= 0.6 is 12.2 Å². The van der Waals surface area contributed by atoms with Crippen molar-refractivity contribution in [3.63, 3.8) is 0 Å². The monoisotopic (exact) mass is 410 g/mol. The molecular formula is C26H31FOS. The van der Waals surface area contributed by atoms with Gasteiger partial charge >= 0.3 is 0 Å². The molecule has 3 heteroatoms. The number of rotatable bonds is 6. The molecule has 0 spiro atoms. The second kappa shape index (κ2) is 8.95. The summed E-state index contributed by atoms with van der Waals surface area (Å²) in [5, 5.41) is 2.75. The molecule has 1 heterocycles. The van der Waals surface area contributed by atoms with Gasteiger partial charge in [-0.2, -0.15) is 0 Å². The zero-order valence-corrected chi connectivity index (χ0v) is 18.4. The maximum Gasteiger partial charge on any atom is 0.198 e. The number of fused-ring (bicyclic) bond motifs is 3. The molecule has 0 unspecified atom stereocenters. The second-order valence-corrected chi connectivity index (χ2v) is 9.05. The lowest BCUT2D eigenvalue weighted by Gasteiger charge is -2.29. The minimum absolute atomic E-state index is 0.275. The zero-order chi connectivity index (χ0) is 20.4. The Hall–Kier alpha value is -1.74. The first-order chi connectivity index (χ1) is 14.1. The van der Waals surface area contributed by atoms with Crippen molar-refractivity contribution in [3.05, 3.63) is 52.0 Å². The molecule has 1 aliphatic carbocycles. The van der Waals surface area contributed by atoms with Crippen LogP contribution in [0.2, 0.25) is 0 Å². The van der Waals surface area contributed by atoms with Crippen LogP contribution in [-0.4, -0.2) is 0 Å². The molecule has 1 saturated carbocycles. The quantitative estimate of drug-likeness (QED) is 0.229. The van der Waals surface area contributed by atoms with E-state index in [0.29, 0.717) is 28.2 Å².